The molecular formula is C23H25N3. The molecule has 1 aliphatic rings. The predicted molar refractivity (Wildman–Crippen MR) is 108 cm³/mol. The van der Waals surface area contributed by atoms with Crippen LogP contribution in [-0.4, -0.2) is 15.5 Å². The van der Waals surface area contributed by atoms with Crippen LogP contribution in [0.25, 0.3) is 11.1 Å². The van der Waals surface area contributed by atoms with Gasteiger partial charge in [0.05, 0.1) is 18.1 Å². The van der Waals surface area contributed by atoms with Gasteiger partial charge in [0.25, 0.3) is 0 Å². The molecule has 3 heteroatoms. The Morgan fingerprint density at radius 1 is 0.846 bits per heavy atom. The standard InChI is InChI=1S/C23H25N3/c1-22(2,3)26(16-13-24-15-25-14-16)20-12-8-11-19-21(20)17-9-6-7-10-18(17)23(19,4)5/h6-15H,1-5H3. The highest BCUT2D eigenvalue weighted by molar-refractivity contribution is 5.92. The highest BCUT2D eigenvalue weighted by atomic mass is 15.2. The number of hydrogen-bond donors (Lipinski definition) is 0. The maximum atomic E-state index is 4.26. The van der Waals surface area contributed by atoms with Gasteiger partial charge in [0.15, 0.2) is 0 Å². The maximum Gasteiger partial charge on any atom is 0.115 e. The van der Waals surface area contributed by atoms with E-state index in [0.29, 0.717) is 0 Å². The zero-order valence-electron chi connectivity index (χ0n) is 16.1. The molecule has 3 aromatic rings. The molecular weight excluding hydrogens is 318 g/mol. The number of aromatic nitrogens is 2. The molecule has 4 rings (SSSR count). The van der Waals surface area contributed by atoms with Gasteiger partial charge in [-0.2, -0.15) is 0 Å². The third-order valence-electron chi connectivity index (χ3n) is 5.30. The van der Waals surface area contributed by atoms with Crippen molar-refractivity contribution in [2.24, 2.45) is 0 Å². The van der Waals surface area contributed by atoms with Gasteiger partial charge in [-0.15, -0.1) is 0 Å². The van der Waals surface area contributed by atoms with Crippen molar-refractivity contribution in [3.63, 3.8) is 0 Å². The fourth-order valence-corrected chi connectivity index (χ4v) is 4.22. The van der Waals surface area contributed by atoms with Crippen molar-refractivity contribution in [1.82, 2.24) is 9.97 Å². The molecule has 2 aromatic carbocycles. The fourth-order valence-electron chi connectivity index (χ4n) is 4.22. The molecule has 132 valence electrons. The Bertz CT molecular complexity index is 953. The SMILES string of the molecule is CC1(C)c2ccccc2-c2c(N(c3cncnc3)C(C)(C)C)cccc21. The topological polar surface area (TPSA) is 29.0 Å². The van der Waals surface area contributed by atoms with Crippen LogP contribution in [-0.2, 0) is 5.41 Å². The summed E-state index contributed by atoms with van der Waals surface area (Å²) in [5.74, 6) is 0. The molecule has 0 spiro atoms. The molecule has 26 heavy (non-hydrogen) atoms. The highest BCUT2D eigenvalue weighted by Crippen LogP contribution is 2.53. The number of anilines is 2. The van der Waals surface area contributed by atoms with Crippen LogP contribution in [0.1, 0.15) is 45.7 Å². The number of rotatable bonds is 2. The number of nitrogens with zero attached hydrogens (tertiary/aromatic N) is 3. The van der Waals surface area contributed by atoms with Gasteiger partial charge in [-0.3, -0.25) is 0 Å². The van der Waals surface area contributed by atoms with Gasteiger partial charge in [0.1, 0.15) is 6.33 Å². The molecule has 1 aliphatic carbocycles. The molecule has 1 heterocycles. The molecule has 0 atom stereocenters. The Kier molecular flexibility index (Phi) is 3.65. The van der Waals surface area contributed by atoms with E-state index in [2.05, 4.69) is 92.0 Å². The average molecular weight is 343 g/mol. The second-order valence-corrected chi connectivity index (χ2v) is 8.47. The molecule has 0 amide bonds. The van der Waals surface area contributed by atoms with Crippen LogP contribution in [0.4, 0.5) is 11.4 Å². The van der Waals surface area contributed by atoms with Crippen LogP contribution >= 0.6 is 0 Å². The van der Waals surface area contributed by atoms with Crippen LogP contribution in [0.3, 0.4) is 0 Å². The lowest BCUT2D eigenvalue weighted by Crippen LogP contribution is -2.38. The first-order chi connectivity index (χ1) is 12.3. The molecule has 0 fully saturated rings. The lowest BCUT2D eigenvalue weighted by atomic mass is 9.82. The van der Waals surface area contributed by atoms with E-state index >= 15 is 0 Å². The molecule has 0 aliphatic heterocycles. The van der Waals surface area contributed by atoms with E-state index in [1.54, 1.807) is 6.33 Å². The molecule has 1 aromatic heterocycles. The molecule has 0 N–H and O–H groups in total. The summed E-state index contributed by atoms with van der Waals surface area (Å²) in [6.45, 7) is 11.3. The summed E-state index contributed by atoms with van der Waals surface area (Å²) in [7, 11) is 0. The van der Waals surface area contributed by atoms with Gasteiger partial charge in [-0.05, 0) is 43.5 Å². The summed E-state index contributed by atoms with van der Waals surface area (Å²) in [5.41, 5.74) is 7.53. The summed E-state index contributed by atoms with van der Waals surface area (Å²) in [6, 6.07) is 15.4. The van der Waals surface area contributed by atoms with Crippen molar-refractivity contribution in [3.8, 4) is 11.1 Å². The first kappa shape index (κ1) is 16.8. The molecule has 0 bridgehead atoms. The Morgan fingerprint density at radius 3 is 2.19 bits per heavy atom. The van der Waals surface area contributed by atoms with Crippen LogP contribution in [0.15, 0.2) is 61.2 Å². The van der Waals surface area contributed by atoms with Gasteiger partial charge in [0.2, 0.25) is 0 Å². The predicted octanol–water partition coefficient (Wildman–Crippen LogP) is 5.72. The third-order valence-corrected chi connectivity index (χ3v) is 5.30. The van der Waals surface area contributed by atoms with E-state index in [4.69, 9.17) is 0 Å². The first-order valence-corrected chi connectivity index (χ1v) is 9.10. The minimum absolute atomic E-state index is 0.00131. The number of fused-ring (bicyclic) bond motifs is 3. The van der Waals surface area contributed by atoms with Crippen LogP contribution in [0.2, 0.25) is 0 Å². The van der Waals surface area contributed by atoms with E-state index in [-0.39, 0.29) is 11.0 Å². The summed E-state index contributed by atoms with van der Waals surface area (Å²) in [6.07, 6.45) is 5.37. The summed E-state index contributed by atoms with van der Waals surface area (Å²) < 4.78 is 0. The van der Waals surface area contributed by atoms with Crippen molar-refractivity contribution in [3.05, 3.63) is 72.3 Å². The average Bonchev–Trinajstić information content (AvgIpc) is 2.84. The second-order valence-electron chi connectivity index (χ2n) is 8.47. The lowest BCUT2D eigenvalue weighted by Gasteiger charge is -2.38. The Balaban J connectivity index is 2.03. The van der Waals surface area contributed by atoms with Crippen molar-refractivity contribution >= 4 is 11.4 Å². The zero-order valence-corrected chi connectivity index (χ0v) is 16.1. The molecule has 0 saturated carbocycles. The third kappa shape index (κ3) is 2.42. The summed E-state index contributed by atoms with van der Waals surface area (Å²) >= 11 is 0. The highest BCUT2D eigenvalue weighted by Gasteiger charge is 2.38. The van der Waals surface area contributed by atoms with Crippen molar-refractivity contribution in [2.45, 2.75) is 45.6 Å². The maximum absolute atomic E-state index is 4.26. The fraction of sp³-hybridized carbons (Fsp3) is 0.304. The normalized spacial score (nSPS) is 14.7. The van der Waals surface area contributed by atoms with Crippen molar-refractivity contribution in [1.29, 1.82) is 0 Å². The molecule has 0 radical (unpaired) electrons. The van der Waals surface area contributed by atoms with E-state index in [1.807, 2.05) is 12.4 Å². The summed E-state index contributed by atoms with van der Waals surface area (Å²) in [5, 5.41) is 0. The van der Waals surface area contributed by atoms with Crippen LogP contribution in [0.5, 0.6) is 0 Å². The van der Waals surface area contributed by atoms with E-state index in [9.17, 15) is 0 Å². The van der Waals surface area contributed by atoms with Crippen LogP contribution < -0.4 is 4.90 Å². The van der Waals surface area contributed by atoms with E-state index in [1.165, 1.54) is 27.9 Å². The summed E-state index contributed by atoms with van der Waals surface area (Å²) in [4.78, 5) is 10.9. The van der Waals surface area contributed by atoms with Crippen LogP contribution in [0, 0.1) is 0 Å². The largest absolute Gasteiger partial charge is 0.333 e. The number of hydrogen-bond acceptors (Lipinski definition) is 3. The lowest BCUT2D eigenvalue weighted by molar-refractivity contribution is 0.559. The smallest absolute Gasteiger partial charge is 0.115 e. The zero-order chi connectivity index (χ0) is 18.5. The number of benzene rings is 2. The Hall–Kier alpha value is -2.68. The minimum atomic E-state index is -0.110. The van der Waals surface area contributed by atoms with Gasteiger partial charge in [-0.1, -0.05) is 50.2 Å². The van der Waals surface area contributed by atoms with Gasteiger partial charge in [0, 0.05) is 22.2 Å². The van der Waals surface area contributed by atoms with Gasteiger partial charge >= 0.3 is 0 Å². The van der Waals surface area contributed by atoms with Gasteiger partial charge in [-0.25, -0.2) is 9.97 Å². The Morgan fingerprint density at radius 2 is 1.50 bits per heavy atom. The minimum Gasteiger partial charge on any atom is -0.333 e. The van der Waals surface area contributed by atoms with Crippen molar-refractivity contribution in [2.75, 3.05) is 4.90 Å². The first-order valence-electron chi connectivity index (χ1n) is 9.10. The molecule has 0 unspecified atom stereocenters. The van der Waals surface area contributed by atoms with E-state index < -0.39 is 0 Å². The second kappa shape index (κ2) is 5.66. The Labute approximate surface area is 155 Å². The van der Waals surface area contributed by atoms with E-state index in [0.717, 1.165) is 5.69 Å². The molecule has 0 saturated heterocycles. The quantitative estimate of drug-likeness (QED) is 0.596. The molecule has 3 nitrogen and oxygen atoms in total. The monoisotopic (exact) mass is 343 g/mol. The van der Waals surface area contributed by atoms with Crippen molar-refractivity contribution < 1.29 is 0 Å². The van der Waals surface area contributed by atoms with Gasteiger partial charge < -0.3 is 4.90 Å².